The first-order valence-electron chi connectivity index (χ1n) is 6.80. The van der Waals surface area contributed by atoms with Crippen molar-refractivity contribution < 1.29 is 24.2 Å². The summed E-state index contributed by atoms with van der Waals surface area (Å²) in [6.07, 6.45) is 0.823. The van der Waals surface area contributed by atoms with E-state index >= 15 is 0 Å². The van der Waals surface area contributed by atoms with Gasteiger partial charge in [0.2, 0.25) is 0 Å². The molecular formula is C14H26O5. The van der Waals surface area contributed by atoms with Gasteiger partial charge in [-0.05, 0) is 47.0 Å². The molecule has 0 aromatic heterocycles. The Hall–Kier alpha value is -1.10. The van der Waals surface area contributed by atoms with Crippen LogP contribution in [0.5, 0.6) is 0 Å². The fourth-order valence-electron chi connectivity index (χ4n) is 1.81. The van der Waals surface area contributed by atoms with Crippen LogP contribution in [-0.4, -0.2) is 35.9 Å². The van der Waals surface area contributed by atoms with Gasteiger partial charge in [0.25, 0.3) is 0 Å². The van der Waals surface area contributed by atoms with E-state index in [1.165, 1.54) is 0 Å². The minimum atomic E-state index is -1.31. The average Bonchev–Trinajstić information content (AvgIpc) is 2.29. The molecule has 0 heterocycles. The summed E-state index contributed by atoms with van der Waals surface area (Å²) in [5.41, 5.74) is -2.26. The van der Waals surface area contributed by atoms with E-state index in [0.29, 0.717) is 12.8 Å². The van der Waals surface area contributed by atoms with Gasteiger partial charge in [0.15, 0.2) is 5.41 Å². The highest BCUT2D eigenvalue weighted by atomic mass is 16.6. The average molecular weight is 274 g/mol. The Morgan fingerprint density at radius 1 is 0.947 bits per heavy atom. The molecule has 0 unspecified atom stereocenters. The van der Waals surface area contributed by atoms with Crippen molar-refractivity contribution in [2.45, 2.75) is 59.5 Å². The summed E-state index contributed by atoms with van der Waals surface area (Å²) in [7, 11) is 0. The van der Waals surface area contributed by atoms with Crippen molar-refractivity contribution in [3.05, 3.63) is 0 Å². The molecule has 112 valence electrons. The van der Waals surface area contributed by atoms with E-state index in [9.17, 15) is 14.7 Å². The highest BCUT2D eigenvalue weighted by Gasteiger charge is 2.47. The van der Waals surface area contributed by atoms with E-state index < -0.39 is 23.0 Å². The first-order valence-corrected chi connectivity index (χ1v) is 6.80. The standard InChI is InChI=1S/C14H26O5/c1-6-14(11(15)18-7-2,12(16)19-8-3)10-9-13(4,5)17/h17H,6-10H2,1-5H3. The second-order valence-electron chi connectivity index (χ2n) is 5.19. The largest absolute Gasteiger partial charge is 0.465 e. The highest BCUT2D eigenvalue weighted by Crippen LogP contribution is 2.34. The molecule has 5 heteroatoms. The third kappa shape index (κ3) is 5.19. The number of carbonyl (C=O) groups excluding carboxylic acids is 2. The molecule has 5 nitrogen and oxygen atoms in total. The van der Waals surface area contributed by atoms with Crippen LogP contribution < -0.4 is 0 Å². The van der Waals surface area contributed by atoms with Gasteiger partial charge in [-0.3, -0.25) is 9.59 Å². The summed E-state index contributed by atoms with van der Waals surface area (Å²) >= 11 is 0. The molecule has 19 heavy (non-hydrogen) atoms. The molecule has 0 atom stereocenters. The van der Waals surface area contributed by atoms with Crippen molar-refractivity contribution in [3.63, 3.8) is 0 Å². The van der Waals surface area contributed by atoms with Crippen molar-refractivity contribution in [1.82, 2.24) is 0 Å². The van der Waals surface area contributed by atoms with Gasteiger partial charge in [-0.2, -0.15) is 0 Å². The van der Waals surface area contributed by atoms with Crippen LogP contribution in [-0.2, 0) is 19.1 Å². The predicted molar refractivity (Wildman–Crippen MR) is 71.5 cm³/mol. The normalized spacial score (nSPS) is 12.1. The van der Waals surface area contributed by atoms with Crippen LogP contribution in [0.4, 0.5) is 0 Å². The van der Waals surface area contributed by atoms with E-state index in [1.54, 1.807) is 34.6 Å². The van der Waals surface area contributed by atoms with Crippen LogP contribution in [0.2, 0.25) is 0 Å². The first-order chi connectivity index (χ1) is 8.73. The second kappa shape index (κ2) is 7.48. The topological polar surface area (TPSA) is 72.8 Å². The smallest absolute Gasteiger partial charge is 0.323 e. The molecule has 0 aliphatic rings. The summed E-state index contributed by atoms with van der Waals surface area (Å²) in [6, 6.07) is 0. The summed E-state index contributed by atoms with van der Waals surface area (Å²) in [4.78, 5) is 24.2. The van der Waals surface area contributed by atoms with Crippen LogP contribution in [0.3, 0.4) is 0 Å². The van der Waals surface area contributed by atoms with Crippen LogP contribution >= 0.6 is 0 Å². The lowest BCUT2D eigenvalue weighted by Crippen LogP contribution is -2.43. The fraction of sp³-hybridized carbons (Fsp3) is 0.857. The van der Waals surface area contributed by atoms with Gasteiger partial charge in [0.05, 0.1) is 18.8 Å². The Bertz CT molecular complexity index is 285. The minimum Gasteiger partial charge on any atom is -0.465 e. The lowest BCUT2D eigenvalue weighted by atomic mass is 9.78. The van der Waals surface area contributed by atoms with Crippen molar-refractivity contribution >= 4 is 11.9 Å². The zero-order valence-electron chi connectivity index (χ0n) is 12.6. The molecule has 0 rings (SSSR count). The Balaban J connectivity index is 5.17. The van der Waals surface area contributed by atoms with Gasteiger partial charge in [0, 0.05) is 0 Å². The molecule has 1 N–H and O–H groups in total. The minimum absolute atomic E-state index is 0.211. The SMILES string of the molecule is CCOC(=O)C(CC)(CCC(C)(C)O)C(=O)OCC. The molecule has 0 saturated heterocycles. The van der Waals surface area contributed by atoms with E-state index in [2.05, 4.69) is 0 Å². The third-order valence-electron chi connectivity index (χ3n) is 3.10. The van der Waals surface area contributed by atoms with Crippen molar-refractivity contribution in [2.75, 3.05) is 13.2 Å². The summed E-state index contributed by atoms with van der Waals surface area (Å²) in [5.74, 6) is -1.14. The molecule has 0 aromatic carbocycles. The van der Waals surface area contributed by atoms with Gasteiger partial charge in [-0.25, -0.2) is 0 Å². The van der Waals surface area contributed by atoms with Crippen molar-refractivity contribution in [3.8, 4) is 0 Å². The summed E-state index contributed by atoms with van der Waals surface area (Å²) < 4.78 is 10.0. The van der Waals surface area contributed by atoms with E-state index in [-0.39, 0.29) is 19.6 Å². The number of rotatable bonds is 8. The predicted octanol–water partition coefficient (Wildman–Crippen LogP) is 2.06. The Morgan fingerprint density at radius 2 is 1.37 bits per heavy atom. The lowest BCUT2D eigenvalue weighted by Gasteiger charge is -2.30. The number of ether oxygens (including phenoxy) is 2. The molecule has 0 aromatic rings. The maximum absolute atomic E-state index is 12.1. The third-order valence-corrected chi connectivity index (χ3v) is 3.10. The van der Waals surface area contributed by atoms with Crippen molar-refractivity contribution in [2.24, 2.45) is 5.41 Å². The zero-order chi connectivity index (χ0) is 15.1. The Labute approximate surface area is 115 Å². The molecule has 0 amide bonds. The molecule has 0 aliphatic carbocycles. The number of esters is 2. The molecular weight excluding hydrogens is 248 g/mol. The number of hydrogen-bond acceptors (Lipinski definition) is 5. The number of hydrogen-bond donors (Lipinski definition) is 1. The second-order valence-corrected chi connectivity index (χ2v) is 5.19. The first kappa shape index (κ1) is 17.9. The maximum Gasteiger partial charge on any atom is 0.323 e. The summed E-state index contributed by atoms with van der Waals surface area (Å²) in [6.45, 7) is 8.84. The van der Waals surface area contributed by atoms with E-state index in [4.69, 9.17) is 9.47 Å². The Kier molecular flexibility index (Phi) is 7.05. The van der Waals surface area contributed by atoms with E-state index in [1.807, 2.05) is 0 Å². The lowest BCUT2D eigenvalue weighted by molar-refractivity contribution is -0.173. The van der Waals surface area contributed by atoms with Gasteiger partial charge >= 0.3 is 11.9 Å². The zero-order valence-corrected chi connectivity index (χ0v) is 12.6. The highest BCUT2D eigenvalue weighted by molar-refractivity contribution is 6.00. The Morgan fingerprint density at radius 3 is 1.63 bits per heavy atom. The number of aliphatic hydroxyl groups is 1. The monoisotopic (exact) mass is 274 g/mol. The van der Waals surface area contributed by atoms with Crippen LogP contribution in [0.1, 0.15) is 53.9 Å². The van der Waals surface area contributed by atoms with Crippen LogP contribution in [0.15, 0.2) is 0 Å². The maximum atomic E-state index is 12.1. The van der Waals surface area contributed by atoms with Crippen LogP contribution in [0, 0.1) is 5.41 Å². The molecule has 0 fully saturated rings. The van der Waals surface area contributed by atoms with Crippen LogP contribution in [0.25, 0.3) is 0 Å². The van der Waals surface area contributed by atoms with Crippen molar-refractivity contribution in [1.29, 1.82) is 0 Å². The quantitative estimate of drug-likeness (QED) is 0.542. The fourth-order valence-corrected chi connectivity index (χ4v) is 1.81. The molecule has 0 saturated carbocycles. The van der Waals surface area contributed by atoms with E-state index in [0.717, 1.165) is 0 Å². The molecule has 0 spiro atoms. The molecule has 0 radical (unpaired) electrons. The summed E-state index contributed by atoms with van der Waals surface area (Å²) in [5, 5.41) is 9.80. The molecule has 0 aliphatic heterocycles. The van der Waals surface area contributed by atoms with Gasteiger partial charge in [-0.1, -0.05) is 6.92 Å². The van der Waals surface area contributed by atoms with Gasteiger partial charge in [0.1, 0.15) is 0 Å². The molecule has 0 bridgehead atoms. The van der Waals surface area contributed by atoms with Gasteiger partial charge in [-0.15, -0.1) is 0 Å². The van der Waals surface area contributed by atoms with Gasteiger partial charge < -0.3 is 14.6 Å². The number of carbonyl (C=O) groups is 2.